The second kappa shape index (κ2) is 7.48. The summed E-state index contributed by atoms with van der Waals surface area (Å²) in [5.41, 5.74) is 2.82. The van der Waals surface area contributed by atoms with Gasteiger partial charge in [0.15, 0.2) is 0 Å². The third-order valence-corrected chi connectivity index (χ3v) is 5.22. The first-order chi connectivity index (χ1) is 12.7. The molecule has 0 aliphatic rings. The molecule has 0 atom stereocenters. The van der Waals surface area contributed by atoms with Crippen molar-refractivity contribution in [3.63, 3.8) is 0 Å². The minimum atomic E-state index is -0.166. The van der Waals surface area contributed by atoms with Crippen LogP contribution < -0.4 is 5.56 Å². The van der Waals surface area contributed by atoms with Crippen molar-refractivity contribution in [2.45, 2.75) is 32.7 Å². The van der Waals surface area contributed by atoms with Gasteiger partial charge < -0.3 is 9.88 Å². The third-order valence-electron chi connectivity index (χ3n) is 4.32. The molecule has 0 bridgehead atoms. The van der Waals surface area contributed by atoms with Gasteiger partial charge in [-0.2, -0.15) is 0 Å². The Labute approximate surface area is 162 Å². The van der Waals surface area contributed by atoms with Crippen molar-refractivity contribution < 1.29 is 4.79 Å². The van der Waals surface area contributed by atoms with E-state index in [0.29, 0.717) is 16.0 Å². The van der Waals surface area contributed by atoms with Crippen molar-refractivity contribution >= 4 is 33.5 Å². The number of hydrogen-bond acceptors (Lipinski definition) is 4. The minimum Gasteiger partial charge on any atom is -0.335 e. The van der Waals surface area contributed by atoms with E-state index in [-0.39, 0.29) is 23.4 Å². The SMILES string of the molecule is CN(Cc1nc2ccsc2c(=O)[nH]1)C(=O)/C=C/c1ccc(C(C)(C)C)cc1. The molecule has 140 valence electrons. The maximum atomic E-state index is 12.4. The summed E-state index contributed by atoms with van der Waals surface area (Å²) in [5, 5.41) is 1.83. The van der Waals surface area contributed by atoms with Gasteiger partial charge in [0.1, 0.15) is 10.5 Å². The summed E-state index contributed by atoms with van der Waals surface area (Å²) in [6.07, 6.45) is 3.33. The van der Waals surface area contributed by atoms with Gasteiger partial charge in [-0.15, -0.1) is 11.3 Å². The normalized spacial score (nSPS) is 12.0. The molecule has 0 aliphatic heterocycles. The molecule has 3 aromatic rings. The lowest BCUT2D eigenvalue weighted by molar-refractivity contribution is -0.125. The highest BCUT2D eigenvalue weighted by atomic mass is 32.1. The van der Waals surface area contributed by atoms with Crippen LogP contribution >= 0.6 is 11.3 Å². The van der Waals surface area contributed by atoms with Crippen molar-refractivity contribution in [3.05, 3.63) is 69.1 Å². The molecule has 6 heteroatoms. The number of amides is 1. The zero-order chi connectivity index (χ0) is 19.6. The van der Waals surface area contributed by atoms with E-state index < -0.39 is 0 Å². The zero-order valence-corrected chi connectivity index (χ0v) is 16.8. The van der Waals surface area contributed by atoms with Gasteiger partial charge in [0.05, 0.1) is 12.1 Å². The van der Waals surface area contributed by atoms with Crippen LogP contribution in [-0.2, 0) is 16.8 Å². The molecule has 1 N–H and O–H groups in total. The van der Waals surface area contributed by atoms with Crippen molar-refractivity contribution in [3.8, 4) is 0 Å². The maximum Gasteiger partial charge on any atom is 0.268 e. The Hall–Kier alpha value is -2.73. The second-order valence-corrected chi connectivity index (χ2v) is 8.46. The van der Waals surface area contributed by atoms with Crippen LogP contribution in [0.3, 0.4) is 0 Å². The molecule has 3 rings (SSSR count). The number of rotatable bonds is 4. The number of carbonyl (C=O) groups excluding carboxylic acids is 1. The Bertz CT molecular complexity index is 1040. The lowest BCUT2D eigenvalue weighted by atomic mass is 9.87. The number of benzene rings is 1. The average molecular weight is 382 g/mol. The van der Waals surface area contributed by atoms with Gasteiger partial charge in [0, 0.05) is 13.1 Å². The molecular weight excluding hydrogens is 358 g/mol. The Morgan fingerprint density at radius 1 is 1.22 bits per heavy atom. The topological polar surface area (TPSA) is 66.1 Å². The Kier molecular flexibility index (Phi) is 5.28. The molecule has 0 fully saturated rings. The molecule has 0 saturated carbocycles. The summed E-state index contributed by atoms with van der Waals surface area (Å²) in [6, 6.07) is 9.99. The fourth-order valence-corrected chi connectivity index (χ4v) is 3.41. The summed E-state index contributed by atoms with van der Waals surface area (Å²) in [5.74, 6) is 0.327. The Balaban J connectivity index is 1.67. The van der Waals surface area contributed by atoms with Crippen LogP contribution in [-0.4, -0.2) is 27.8 Å². The second-order valence-electron chi connectivity index (χ2n) is 7.55. The van der Waals surface area contributed by atoms with Gasteiger partial charge in [-0.1, -0.05) is 45.0 Å². The van der Waals surface area contributed by atoms with E-state index in [1.807, 2.05) is 23.6 Å². The van der Waals surface area contributed by atoms with E-state index in [1.54, 1.807) is 13.1 Å². The molecule has 2 heterocycles. The lowest BCUT2D eigenvalue weighted by Crippen LogP contribution is -2.26. The van der Waals surface area contributed by atoms with Crippen LogP contribution in [0, 0.1) is 0 Å². The molecule has 5 nitrogen and oxygen atoms in total. The van der Waals surface area contributed by atoms with E-state index in [2.05, 4.69) is 42.9 Å². The number of nitrogens with one attached hydrogen (secondary N) is 1. The van der Waals surface area contributed by atoms with Gasteiger partial charge in [-0.05, 0) is 34.1 Å². The lowest BCUT2D eigenvalue weighted by Gasteiger charge is -2.18. The molecule has 27 heavy (non-hydrogen) atoms. The standard InChI is InChI=1S/C21H23N3O2S/c1-21(2,3)15-8-5-14(6-9-15)7-10-18(25)24(4)13-17-22-16-11-12-27-19(16)20(26)23-17/h5-12H,13H2,1-4H3,(H,22,23,26)/b10-7+. The molecule has 1 aromatic carbocycles. The van der Waals surface area contributed by atoms with Gasteiger partial charge in [-0.3, -0.25) is 9.59 Å². The largest absolute Gasteiger partial charge is 0.335 e. The van der Waals surface area contributed by atoms with Crippen LogP contribution in [0.5, 0.6) is 0 Å². The molecule has 0 spiro atoms. The van der Waals surface area contributed by atoms with E-state index >= 15 is 0 Å². The number of aromatic nitrogens is 2. The number of aromatic amines is 1. The van der Waals surface area contributed by atoms with Crippen molar-refractivity contribution in [2.24, 2.45) is 0 Å². The molecule has 2 aromatic heterocycles. The highest BCUT2D eigenvalue weighted by molar-refractivity contribution is 7.17. The summed E-state index contributed by atoms with van der Waals surface area (Å²) >= 11 is 1.36. The molecule has 0 unspecified atom stereocenters. The molecule has 0 saturated heterocycles. The van der Waals surface area contributed by atoms with Gasteiger partial charge in [-0.25, -0.2) is 4.98 Å². The van der Waals surface area contributed by atoms with E-state index in [1.165, 1.54) is 27.9 Å². The Morgan fingerprint density at radius 3 is 2.59 bits per heavy atom. The minimum absolute atomic E-state index is 0.103. The van der Waals surface area contributed by atoms with Gasteiger partial charge in [0.25, 0.3) is 5.56 Å². The quantitative estimate of drug-likeness (QED) is 0.696. The number of hydrogen-bond donors (Lipinski definition) is 1. The number of H-pyrrole nitrogens is 1. The van der Waals surface area contributed by atoms with Crippen molar-refractivity contribution in [1.82, 2.24) is 14.9 Å². The summed E-state index contributed by atoms with van der Waals surface area (Å²) in [4.78, 5) is 33.1. The van der Waals surface area contributed by atoms with Gasteiger partial charge >= 0.3 is 0 Å². The van der Waals surface area contributed by atoms with Crippen molar-refractivity contribution in [2.75, 3.05) is 7.05 Å². The van der Waals surface area contributed by atoms with Crippen molar-refractivity contribution in [1.29, 1.82) is 0 Å². The zero-order valence-electron chi connectivity index (χ0n) is 15.9. The van der Waals surface area contributed by atoms with Crippen LogP contribution in [0.1, 0.15) is 37.7 Å². The van der Waals surface area contributed by atoms with E-state index in [0.717, 1.165) is 5.56 Å². The fraction of sp³-hybridized carbons (Fsp3) is 0.286. The third kappa shape index (κ3) is 4.52. The molecular formula is C21H23N3O2S. The molecule has 0 aliphatic carbocycles. The summed E-state index contributed by atoms with van der Waals surface area (Å²) in [6.45, 7) is 6.75. The number of carbonyl (C=O) groups is 1. The number of nitrogens with zero attached hydrogens (tertiary/aromatic N) is 2. The average Bonchev–Trinajstić information content (AvgIpc) is 3.08. The highest BCUT2D eigenvalue weighted by Gasteiger charge is 2.13. The monoisotopic (exact) mass is 381 g/mol. The summed E-state index contributed by atoms with van der Waals surface area (Å²) in [7, 11) is 1.69. The van der Waals surface area contributed by atoms with Gasteiger partial charge in [0.2, 0.25) is 5.91 Å². The van der Waals surface area contributed by atoms with Crippen LogP contribution in [0.4, 0.5) is 0 Å². The van der Waals surface area contributed by atoms with E-state index in [9.17, 15) is 9.59 Å². The first kappa shape index (κ1) is 19.0. The van der Waals surface area contributed by atoms with Crippen LogP contribution in [0.2, 0.25) is 0 Å². The van der Waals surface area contributed by atoms with Crippen LogP contribution in [0.25, 0.3) is 16.3 Å². The smallest absolute Gasteiger partial charge is 0.268 e. The number of thiophene rings is 1. The van der Waals surface area contributed by atoms with E-state index in [4.69, 9.17) is 0 Å². The maximum absolute atomic E-state index is 12.4. The predicted molar refractivity (Wildman–Crippen MR) is 111 cm³/mol. The number of likely N-dealkylation sites (N-methyl/N-ethyl adjacent to an activating group) is 1. The Morgan fingerprint density at radius 2 is 1.93 bits per heavy atom. The fourth-order valence-electron chi connectivity index (χ4n) is 2.69. The molecule has 1 amide bonds. The first-order valence-corrected chi connectivity index (χ1v) is 9.62. The number of fused-ring (bicyclic) bond motifs is 1. The molecule has 0 radical (unpaired) electrons. The highest BCUT2D eigenvalue weighted by Crippen LogP contribution is 2.22. The van der Waals surface area contributed by atoms with Crippen LogP contribution in [0.15, 0.2) is 46.6 Å². The summed E-state index contributed by atoms with van der Waals surface area (Å²) < 4.78 is 0.603. The predicted octanol–water partition coefficient (Wildman–Crippen LogP) is 3.95. The first-order valence-electron chi connectivity index (χ1n) is 8.74.